The van der Waals surface area contributed by atoms with Gasteiger partial charge in [-0.3, -0.25) is 9.59 Å². The van der Waals surface area contributed by atoms with Crippen LogP contribution in [0.3, 0.4) is 0 Å². The number of amides is 1. The van der Waals surface area contributed by atoms with Gasteiger partial charge in [-0.2, -0.15) is 0 Å². The molecule has 2 aliphatic rings. The molecule has 0 spiro atoms. The molecule has 1 heterocycles. The molecule has 2 bridgehead atoms. The summed E-state index contributed by atoms with van der Waals surface area (Å²) < 4.78 is 6.63. The Bertz CT molecular complexity index is 800. The fourth-order valence-electron chi connectivity index (χ4n) is 4.42. The summed E-state index contributed by atoms with van der Waals surface area (Å²) in [7, 11) is 1.73. The molecule has 2 aliphatic carbocycles. The summed E-state index contributed by atoms with van der Waals surface area (Å²) in [6, 6.07) is 7.93. The first-order valence-electron chi connectivity index (χ1n) is 9.31. The van der Waals surface area contributed by atoms with Gasteiger partial charge < -0.3 is 9.64 Å². The van der Waals surface area contributed by atoms with Crippen molar-refractivity contribution >= 4 is 33.4 Å². The molecular weight excluding hydrogens is 348 g/mol. The maximum Gasteiger partial charge on any atom is 0.309 e. The van der Waals surface area contributed by atoms with Crippen LogP contribution in [-0.4, -0.2) is 34.9 Å². The van der Waals surface area contributed by atoms with Gasteiger partial charge in [0.25, 0.3) is 5.91 Å². The highest BCUT2D eigenvalue weighted by Gasteiger charge is 2.44. The minimum Gasteiger partial charge on any atom is -0.452 e. The lowest BCUT2D eigenvalue weighted by Gasteiger charge is -2.24. The van der Waals surface area contributed by atoms with Crippen LogP contribution in [0.5, 0.6) is 0 Å². The van der Waals surface area contributed by atoms with E-state index in [0.29, 0.717) is 18.4 Å². The Hall–Kier alpha value is -1.95. The molecular formula is C20H24N2O3S. The Morgan fingerprint density at radius 3 is 2.81 bits per heavy atom. The molecule has 138 valence electrons. The molecule has 0 radical (unpaired) electrons. The second-order valence-corrected chi connectivity index (χ2v) is 8.75. The molecule has 26 heavy (non-hydrogen) atoms. The van der Waals surface area contributed by atoms with E-state index in [2.05, 4.69) is 4.98 Å². The van der Waals surface area contributed by atoms with Crippen molar-refractivity contribution in [1.29, 1.82) is 0 Å². The van der Waals surface area contributed by atoms with Gasteiger partial charge in [0, 0.05) is 7.05 Å². The molecule has 2 fully saturated rings. The van der Waals surface area contributed by atoms with Gasteiger partial charge in [-0.05, 0) is 50.2 Å². The number of aromatic nitrogens is 1. The number of likely N-dealkylation sites (N-methyl/N-ethyl adjacent to an activating group) is 1. The number of hydrogen-bond donors (Lipinski definition) is 0. The molecule has 1 amide bonds. The van der Waals surface area contributed by atoms with Crippen molar-refractivity contribution in [1.82, 2.24) is 9.88 Å². The second-order valence-electron chi connectivity index (χ2n) is 7.63. The summed E-state index contributed by atoms with van der Waals surface area (Å²) in [5.41, 5.74) is 0.948. The van der Waals surface area contributed by atoms with E-state index < -0.39 is 6.10 Å². The Morgan fingerprint density at radius 2 is 2.12 bits per heavy atom. The van der Waals surface area contributed by atoms with Crippen molar-refractivity contribution in [3.05, 3.63) is 29.3 Å². The summed E-state index contributed by atoms with van der Waals surface area (Å²) in [5.74, 6) is 0.784. The fourth-order valence-corrected chi connectivity index (χ4v) is 5.45. The predicted octanol–water partition coefficient (Wildman–Crippen LogP) is 3.62. The van der Waals surface area contributed by atoms with Crippen LogP contribution in [0.2, 0.25) is 0 Å². The largest absolute Gasteiger partial charge is 0.452 e. The van der Waals surface area contributed by atoms with Crippen molar-refractivity contribution in [2.45, 2.75) is 45.3 Å². The van der Waals surface area contributed by atoms with Crippen molar-refractivity contribution in [3.63, 3.8) is 0 Å². The van der Waals surface area contributed by atoms with Gasteiger partial charge in [0.1, 0.15) is 5.01 Å². The van der Waals surface area contributed by atoms with E-state index in [1.54, 1.807) is 30.2 Å². The molecule has 5 nitrogen and oxygen atoms in total. The molecule has 2 saturated carbocycles. The third-order valence-electron chi connectivity index (χ3n) is 5.77. The molecule has 1 aromatic heterocycles. The number of benzene rings is 1. The first-order chi connectivity index (χ1) is 12.5. The standard InChI is InChI=1S/C20H24N2O3S/c1-12(25-20(24)15-10-13-7-8-14(15)9-13)19(23)22(2)11-18-21-16-5-3-4-6-17(16)26-18/h3-6,12-15H,7-11H2,1-2H3. The summed E-state index contributed by atoms with van der Waals surface area (Å²) in [4.78, 5) is 31.2. The van der Waals surface area contributed by atoms with Crippen molar-refractivity contribution < 1.29 is 14.3 Å². The van der Waals surface area contributed by atoms with Crippen LogP contribution in [0.25, 0.3) is 10.2 Å². The van der Waals surface area contributed by atoms with Crippen LogP contribution in [0.4, 0.5) is 0 Å². The average Bonchev–Trinajstić information content (AvgIpc) is 3.35. The summed E-state index contributed by atoms with van der Waals surface area (Å²) in [6.07, 6.45) is 3.71. The average molecular weight is 372 g/mol. The Morgan fingerprint density at radius 1 is 1.31 bits per heavy atom. The van der Waals surface area contributed by atoms with E-state index in [0.717, 1.165) is 34.5 Å². The lowest BCUT2D eigenvalue weighted by atomic mass is 9.89. The topological polar surface area (TPSA) is 59.5 Å². The molecule has 6 heteroatoms. The molecule has 1 aromatic carbocycles. The molecule has 0 aliphatic heterocycles. The van der Waals surface area contributed by atoms with E-state index in [-0.39, 0.29) is 17.8 Å². The summed E-state index contributed by atoms with van der Waals surface area (Å²) in [6.45, 7) is 2.09. The number of rotatable bonds is 5. The van der Waals surface area contributed by atoms with Crippen LogP contribution in [-0.2, 0) is 20.9 Å². The number of carbonyl (C=O) groups is 2. The van der Waals surface area contributed by atoms with Gasteiger partial charge in [-0.15, -0.1) is 11.3 Å². The molecule has 0 N–H and O–H groups in total. The van der Waals surface area contributed by atoms with Crippen molar-refractivity contribution in [2.24, 2.45) is 17.8 Å². The van der Waals surface area contributed by atoms with Gasteiger partial charge in [0.15, 0.2) is 6.10 Å². The number of carbonyl (C=O) groups excluding carboxylic acids is 2. The minimum absolute atomic E-state index is 0.00133. The first kappa shape index (κ1) is 17.5. The monoisotopic (exact) mass is 372 g/mol. The third-order valence-corrected chi connectivity index (χ3v) is 6.79. The van der Waals surface area contributed by atoms with Crippen molar-refractivity contribution in [3.8, 4) is 0 Å². The zero-order valence-electron chi connectivity index (χ0n) is 15.2. The van der Waals surface area contributed by atoms with Gasteiger partial charge in [-0.1, -0.05) is 18.6 Å². The first-order valence-corrected chi connectivity index (χ1v) is 10.1. The molecule has 2 aromatic rings. The third kappa shape index (κ3) is 3.34. The van der Waals surface area contributed by atoms with Gasteiger partial charge in [0.2, 0.25) is 0 Å². The maximum atomic E-state index is 12.6. The van der Waals surface area contributed by atoms with Gasteiger partial charge in [-0.25, -0.2) is 4.98 Å². The molecule has 4 unspecified atom stereocenters. The summed E-state index contributed by atoms with van der Waals surface area (Å²) >= 11 is 1.58. The number of para-hydroxylation sites is 1. The van der Waals surface area contributed by atoms with E-state index >= 15 is 0 Å². The number of hydrogen-bond acceptors (Lipinski definition) is 5. The molecule has 4 rings (SSSR count). The number of nitrogens with zero attached hydrogens (tertiary/aromatic N) is 2. The zero-order valence-corrected chi connectivity index (χ0v) is 16.0. The quantitative estimate of drug-likeness (QED) is 0.752. The maximum absolute atomic E-state index is 12.6. The predicted molar refractivity (Wildman–Crippen MR) is 101 cm³/mol. The minimum atomic E-state index is -0.749. The van der Waals surface area contributed by atoms with Crippen LogP contribution >= 0.6 is 11.3 Å². The Labute approximate surface area is 157 Å². The Kier molecular flexibility index (Phi) is 4.69. The van der Waals surface area contributed by atoms with E-state index in [1.165, 1.54) is 6.42 Å². The van der Waals surface area contributed by atoms with Gasteiger partial charge >= 0.3 is 5.97 Å². The lowest BCUT2D eigenvalue weighted by Crippen LogP contribution is -2.38. The summed E-state index contributed by atoms with van der Waals surface area (Å²) in [5, 5.41) is 0.883. The lowest BCUT2D eigenvalue weighted by molar-refractivity contribution is -0.163. The molecule has 0 saturated heterocycles. The second kappa shape index (κ2) is 6.99. The van der Waals surface area contributed by atoms with E-state index in [4.69, 9.17) is 4.74 Å². The number of esters is 1. The van der Waals surface area contributed by atoms with Crippen LogP contribution in [0, 0.1) is 17.8 Å². The smallest absolute Gasteiger partial charge is 0.309 e. The van der Waals surface area contributed by atoms with Crippen molar-refractivity contribution in [2.75, 3.05) is 7.05 Å². The van der Waals surface area contributed by atoms with Gasteiger partial charge in [0.05, 0.1) is 22.7 Å². The highest BCUT2D eigenvalue weighted by atomic mass is 32.1. The zero-order chi connectivity index (χ0) is 18.3. The Balaban J connectivity index is 1.34. The van der Waals surface area contributed by atoms with E-state index in [1.807, 2.05) is 24.3 Å². The fraction of sp³-hybridized carbons (Fsp3) is 0.550. The highest BCUT2D eigenvalue weighted by Crippen LogP contribution is 2.48. The highest BCUT2D eigenvalue weighted by molar-refractivity contribution is 7.18. The van der Waals surface area contributed by atoms with Crippen LogP contribution in [0.15, 0.2) is 24.3 Å². The SMILES string of the molecule is CC(OC(=O)C1CC2CCC1C2)C(=O)N(C)Cc1nc2ccccc2s1. The van der Waals surface area contributed by atoms with Crippen LogP contribution < -0.4 is 0 Å². The van der Waals surface area contributed by atoms with Crippen LogP contribution in [0.1, 0.15) is 37.6 Å². The molecule has 4 atom stereocenters. The normalized spacial score (nSPS) is 25.4. The number of thiazole rings is 1. The number of fused-ring (bicyclic) bond motifs is 3. The van der Waals surface area contributed by atoms with E-state index in [9.17, 15) is 9.59 Å². The number of ether oxygens (including phenoxy) is 1.